The third-order valence-corrected chi connectivity index (χ3v) is 13.6. The van der Waals surface area contributed by atoms with E-state index in [1.807, 2.05) is 27.7 Å². The van der Waals surface area contributed by atoms with E-state index in [1.54, 1.807) is 0 Å². The predicted octanol–water partition coefficient (Wildman–Crippen LogP) is 13.0. The van der Waals surface area contributed by atoms with Gasteiger partial charge >= 0.3 is 19.8 Å². The molecule has 1 aliphatic heterocycles. The van der Waals surface area contributed by atoms with Gasteiger partial charge in [-0.1, -0.05) is 168 Å². The Hall–Kier alpha value is -1.07. The fraction of sp³-hybridized carbons (Fsp3) is 0.958. The molecule has 11 nitrogen and oxygen atoms in total. The lowest BCUT2D eigenvalue weighted by molar-refractivity contribution is -0.918. The summed E-state index contributed by atoms with van der Waals surface area (Å²) in [5.74, 6) is -0.816. The zero-order valence-corrected chi connectivity index (χ0v) is 41.2. The number of piperidine rings is 1. The van der Waals surface area contributed by atoms with E-state index in [9.17, 15) is 24.3 Å². The van der Waals surface area contributed by atoms with Gasteiger partial charge in [0.05, 0.1) is 26.7 Å². The van der Waals surface area contributed by atoms with Crippen LogP contribution in [0.5, 0.6) is 0 Å². The standard InChI is InChI=1S/C48H95N2O9P/c1-9-11-13-15-17-19-21-23-25-27-29-31-33-35-45(51)56-41-44(59-46(52)36-34-32-30-28-26-24-22-20-18-16-14-12-10-2)42-58-60(54,55)57-38-37-50(7,8)43-39-47(3,4)49(53)48(5,6)40-43/h43-44,53H,9-42H2,1-8H3/p+1/t44-/m1/s1. The van der Waals surface area contributed by atoms with Crippen LogP contribution in [0.2, 0.25) is 0 Å². The highest BCUT2D eigenvalue weighted by molar-refractivity contribution is 7.47. The zero-order valence-electron chi connectivity index (χ0n) is 40.3. The van der Waals surface area contributed by atoms with Crippen LogP contribution in [-0.2, 0) is 32.7 Å². The fourth-order valence-corrected chi connectivity index (χ4v) is 9.44. The van der Waals surface area contributed by atoms with Crippen molar-refractivity contribution in [2.75, 3.05) is 40.5 Å². The summed E-state index contributed by atoms with van der Waals surface area (Å²) in [6.07, 6.45) is 32.5. The Morgan fingerprint density at radius 2 is 0.983 bits per heavy atom. The van der Waals surface area contributed by atoms with Crippen LogP contribution >= 0.6 is 7.82 Å². The quantitative estimate of drug-likeness (QED) is 0.0266. The summed E-state index contributed by atoms with van der Waals surface area (Å²) in [6.45, 7) is 12.3. The minimum absolute atomic E-state index is 0.0292. The molecule has 0 spiro atoms. The van der Waals surface area contributed by atoms with Gasteiger partial charge in [-0.15, -0.1) is 0 Å². The van der Waals surface area contributed by atoms with E-state index in [-0.39, 0.29) is 38.1 Å². The molecule has 0 aliphatic carbocycles. The zero-order chi connectivity index (χ0) is 44.8. The van der Waals surface area contributed by atoms with E-state index in [2.05, 4.69) is 27.9 Å². The van der Waals surface area contributed by atoms with Crippen molar-refractivity contribution in [3.63, 3.8) is 0 Å². The molecule has 1 saturated heterocycles. The van der Waals surface area contributed by atoms with Crippen molar-refractivity contribution in [1.29, 1.82) is 0 Å². The van der Waals surface area contributed by atoms with E-state index >= 15 is 0 Å². The van der Waals surface area contributed by atoms with Crippen molar-refractivity contribution in [1.82, 2.24) is 5.06 Å². The molecular weight excluding hydrogens is 780 g/mol. The molecule has 0 saturated carbocycles. The van der Waals surface area contributed by atoms with E-state index in [1.165, 1.54) is 127 Å². The van der Waals surface area contributed by atoms with Crippen LogP contribution in [0, 0.1) is 0 Å². The van der Waals surface area contributed by atoms with Crippen LogP contribution in [-0.4, -0.2) is 95.3 Å². The van der Waals surface area contributed by atoms with Crippen molar-refractivity contribution in [2.45, 2.75) is 257 Å². The number of hydrogen-bond donors (Lipinski definition) is 2. The lowest BCUT2D eigenvalue weighted by Gasteiger charge is -2.54. The molecule has 1 aliphatic rings. The van der Waals surface area contributed by atoms with Crippen molar-refractivity contribution in [3.8, 4) is 0 Å². The second-order valence-electron chi connectivity index (χ2n) is 19.9. The number of hydrogen-bond acceptors (Lipinski definition) is 9. The molecule has 356 valence electrons. The molecule has 0 amide bonds. The van der Waals surface area contributed by atoms with Gasteiger partial charge in [0.2, 0.25) is 0 Å². The molecule has 1 unspecified atom stereocenters. The molecule has 0 aromatic carbocycles. The van der Waals surface area contributed by atoms with Crippen LogP contribution < -0.4 is 0 Å². The molecule has 1 fully saturated rings. The van der Waals surface area contributed by atoms with Crippen molar-refractivity contribution < 1.29 is 47.3 Å². The number of esters is 2. The molecule has 60 heavy (non-hydrogen) atoms. The summed E-state index contributed by atoms with van der Waals surface area (Å²) in [6, 6.07) is 0.189. The van der Waals surface area contributed by atoms with Crippen molar-refractivity contribution in [2.24, 2.45) is 0 Å². The van der Waals surface area contributed by atoms with Crippen LogP contribution in [0.1, 0.15) is 234 Å². The first kappa shape index (κ1) is 56.9. The number of rotatable bonds is 39. The lowest BCUT2D eigenvalue weighted by Crippen LogP contribution is -2.66. The van der Waals surface area contributed by atoms with E-state index in [0.717, 1.165) is 51.4 Å². The monoisotopic (exact) mass is 876 g/mol. The molecule has 0 aromatic heterocycles. The lowest BCUT2D eigenvalue weighted by atomic mass is 9.77. The first-order chi connectivity index (χ1) is 28.5. The summed E-state index contributed by atoms with van der Waals surface area (Å²) in [7, 11) is -0.379. The summed E-state index contributed by atoms with van der Waals surface area (Å²) in [4.78, 5) is 36.2. The van der Waals surface area contributed by atoms with Crippen LogP contribution in [0.4, 0.5) is 0 Å². The smallest absolute Gasteiger partial charge is 0.462 e. The van der Waals surface area contributed by atoms with E-state index in [0.29, 0.717) is 17.4 Å². The Morgan fingerprint density at radius 1 is 0.617 bits per heavy atom. The highest BCUT2D eigenvalue weighted by atomic mass is 31.2. The van der Waals surface area contributed by atoms with Crippen LogP contribution in [0.15, 0.2) is 0 Å². The van der Waals surface area contributed by atoms with Crippen LogP contribution in [0.3, 0.4) is 0 Å². The number of likely N-dealkylation sites (N-methyl/N-ethyl adjacent to an activating group) is 1. The number of carbonyl (C=O) groups is 2. The van der Waals surface area contributed by atoms with Crippen molar-refractivity contribution in [3.05, 3.63) is 0 Å². The fourth-order valence-electron chi connectivity index (χ4n) is 8.69. The number of carbonyl (C=O) groups excluding carboxylic acids is 2. The molecular formula is C48H96N2O9P+. The first-order valence-corrected chi connectivity index (χ1v) is 26.2. The topological polar surface area (TPSA) is 132 Å². The average molecular weight is 876 g/mol. The number of ether oxygens (including phenoxy) is 2. The van der Waals surface area contributed by atoms with E-state index in [4.69, 9.17) is 18.5 Å². The minimum Gasteiger partial charge on any atom is -0.462 e. The maximum Gasteiger partial charge on any atom is 0.472 e. The minimum atomic E-state index is -4.51. The second-order valence-corrected chi connectivity index (χ2v) is 21.3. The van der Waals surface area contributed by atoms with Gasteiger partial charge in [0.15, 0.2) is 6.10 Å². The maximum absolute atomic E-state index is 13.0. The normalized spacial score (nSPS) is 17.4. The Morgan fingerprint density at radius 3 is 1.38 bits per heavy atom. The number of quaternary nitrogens is 1. The Labute approximate surface area is 368 Å². The number of nitrogens with zero attached hydrogens (tertiary/aromatic N) is 2. The Kier molecular flexibility index (Phi) is 30.9. The maximum atomic E-state index is 13.0. The molecule has 1 heterocycles. The Balaban J connectivity index is 2.53. The number of unbranched alkanes of at least 4 members (excludes halogenated alkanes) is 24. The third-order valence-electron chi connectivity index (χ3n) is 12.6. The molecule has 1 rings (SSSR count). The van der Waals surface area contributed by atoms with Gasteiger partial charge in [-0.2, -0.15) is 5.06 Å². The second kappa shape index (κ2) is 32.6. The highest BCUT2D eigenvalue weighted by Crippen LogP contribution is 2.44. The highest BCUT2D eigenvalue weighted by Gasteiger charge is 2.50. The van der Waals surface area contributed by atoms with Gasteiger partial charge in [-0.3, -0.25) is 18.6 Å². The van der Waals surface area contributed by atoms with Gasteiger partial charge in [-0.25, -0.2) is 4.57 Å². The summed E-state index contributed by atoms with van der Waals surface area (Å²) < 4.78 is 35.5. The summed E-state index contributed by atoms with van der Waals surface area (Å²) in [5, 5.41) is 12.2. The number of hydroxylamine groups is 2. The third kappa shape index (κ3) is 27.9. The number of phosphoric ester groups is 1. The first-order valence-electron chi connectivity index (χ1n) is 24.7. The number of phosphoric acid groups is 1. The van der Waals surface area contributed by atoms with Gasteiger partial charge in [0.1, 0.15) is 19.8 Å². The molecule has 0 aromatic rings. The van der Waals surface area contributed by atoms with Gasteiger partial charge in [0, 0.05) is 36.8 Å². The van der Waals surface area contributed by atoms with Crippen molar-refractivity contribution >= 4 is 19.8 Å². The summed E-state index contributed by atoms with van der Waals surface area (Å²) >= 11 is 0. The van der Waals surface area contributed by atoms with Gasteiger partial charge in [0.25, 0.3) is 0 Å². The largest absolute Gasteiger partial charge is 0.472 e. The van der Waals surface area contributed by atoms with Gasteiger partial charge in [-0.05, 0) is 40.5 Å². The summed E-state index contributed by atoms with van der Waals surface area (Å²) in [5.41, 5.74) is -0.847. The molecule has 12 heteroatoms. The van der Waals surface area contributed by atoms with E-state index < -0.39 is 37.6 Å². The molecule has 2 N–H and O–H groups in total. The molecule has 0 bridgehead atoms. The molecule has 2 atom stereocenters. The average Bonchev–Trinajstić information content (AvgIpc) is 3.18. The van der Waals surface area contributed by atoms with Crippen LogP contribution in [0.25, 0.3) is 0 Å². The SMILES string of the molecule is CCCCCCCCCCCCCCCC(=O)OC[C@H](COP(=O)(O)OCC[N+](C)(C)C1CC(C)(C)N(O)C(C)(C)C1)OC(=O)CCCCCCCCCCCCCCC. The van der Waals surface area contributed by atoms with Gasteiger partial charge < -0.3 is 24.1 Å². The Bertz CT molecular complexity index is 1130. The predicted molar refractivity (Wildman–Crippen MR) is 245 cm³/mol. The molecule has 0 radical (unpaired) electrons.